The van der Waals surface area contributed by atoms with Crippen molar-refractivity contribution in [3.8, 4) is 0 Å². The van der Waals surface area contributed by atoms with Crippen LogP contribution in [-0.4, -0.2) is 56.6 Å². The van der Waals surface area contributed by atoms with E-state index < -0.39 is 17.6 Å². The number of anilines is 1. The van der Waals surface area contributed by atoms with Gasteiger partial charge in [-0.2, -0.15) is 0 Å². The number of aliphatic carboxylic acids is 1. The fraction of sp³-hybridized carbons (Fsp3) is 0.429. The van der Waals surface area contributed by atoms with Gasteiger partial charge in [0, 0.05) is 36.6 Å². The number of piperidine rings is 1. The molecule has 0 spiro atoms. The molecule has 2 aromatic rings. The van der Waals surface area contributed by atoms with Crippen molar-refractivity contribution in [3.63, 3.8) is 0 Å². The van der Waals surface area contributed by atoms with Crippen LogP contribution in [0.5, 0.6) is 0 Å². The van der Waals surface area contributed by atoms with E-state index in [0.29, 0.717) is 42.9 Å². The van der Waals surface area contributed by atoms with E-state index in [1.807, 2.05) is 6.08 Å². The van der Waals surface area contributed by atoms with E-state index in [1.165, 1.54) is 12.3 Å². The Kier molecular flexibility index (Phi) is 5.98. The number of likely N-dealkylation sites (tertiary alicyclic amines) is 1. The zero-order chi connectivity index (χ0) is 21.1. The number of carboxylic acids is 1. The van der Waals surface area contributed by atoms with Crippen LogP contribution in [0.25, 0.3) is 5.57 Å². The van der Waals surface area contributed by atoms with E-state index in [2.05, 4.69) is 25.2 Å². The number of rotatable bonds is 7. The summed E-state index contributed by atoms with van der Waals surface area (Å²) in [6.07, 6.45) is 7.28. The third-order valence-corrected chi connectivity index (χ3v) is 5.42. The van der Waals surface area contributed by atoms with E-state index in [1.54, 1.807) is 0 Å². The van der Waals surface area contributed by atoms with E-state index in [0.717, 1.165) is 31.3 Å². The van der Waals surface area contributed by atoms with Gasteiger partial charge < -0.3 is 15.3 Å². The van der Waals surface area contributed by atoms with Crippen molar-refractivity contribution in [1.29, 1.82) is 0 Å². The number of aromatic nitrogens is 3. The SMILES string of the molecule is O=C(O)CCCN1CCC[C@H](Nc2nc(C3=CCc4ncc(F)cc43)ncc2F)C1. The molecule has 2 N–H and O–H groups in total. The lowest BCUT2D eigenvalue weighted by Gasteiger charge is -2.33. The Bertz CT molecular complexity index is 982. The lowest BCUT2D eigenvalue weighted by atomic mass is 10.1. The molecule has 0 radical (unpaired) electrons. The number of fused-ring (bicyclic) bond motifs is 1. The highest BCUT2D eigenvalue weighted by Crippen LogP contribution is 2.31. The van der Waals surface area contributed by atoms with E-state index >= 15 is 0 Å². The number of hydrogen-bond acceptors (Lipinski definition) is 6. The van der Waals surface area contributed by atoms with E-state index in [-0.39, 0.29) is 18.3 Å². The van der Waals surface area contributed by atoms with Gasteiger partial charge in [0.05, 0.1) is 18.1 Å². The molecule has 1 fully saturated rings. The number of nitrogens with zero attached hydrogens (tertiary/aromatic N) is 4. The number of carbonyl (C=O) groups is 1. The zero-order valence-electron chi connectivity index (χ0n) is 16.4. The van der Waals surface area contributed by atoms with Crippen LogP contribution in [-0.2, 0) is 11.2 Å². The number of halogens is 2. The van der Waals surface area contributed by atoms with Gasteiger partial charge in [0.25, 0.3) is 0 Å². The van der Waals surface area contributed by atoms with Crippen LogP contribution >= 0.6 is 0 Å². The largest absolute Gasteiger partial charge is 0.481 e. The molecule has 1 saturated heterocycles. The van der Waals surface area contributed by atoms with Crippen molar-refractivity contribution in [1.82, 2.24) is 19.9 Å². The summed E-state index contributed by atoms with van der Waals surface area (Å²) in [6.45, 7) is 2.29. The first-order valence-corrected chi connectivity index (χ1v) is 10.1. The maximum Gasteiger partial charge on any atom is 0.303 e. The molecule has 1 aliphatic heterocycles. The Morgan fingerprint density at radius 2 is 2.17 bits per heavy atom. The van der Waals surface area contributed by atoms with E-state index in [9.17, 15) is 13.6 Å². The van der Waals surface area contributed by atoms with Crippen LogP contribution in [0.3, 0.4) is 0 Å². The molecule has 3 heterocycles. The van der Waals surface area contributed by atoms with Gasteiger partial charge in [-0.15, -0.1) is 0 Å². The molecule has 158 valence electrons. The highest BCUT2D eigenvalue weighted by molar-refractivity contribution is 5.81. The summed E-state index contributed by atoms with van der Waals surface area (Å²) < 4.78 is 28.0. The second kappa shape index (κ2) is 8.83. The maximum absolute atomic E-state index is 14.4. The Morgan fingerprint density at radius 3 is 3.00 bits per heavy atom. The van der Waals surface area contributed by atoms with Crippen LogP contribution < -0.4 is 5.32 Å². The predicted molar refractivity (Wildman–Crippen MR) is 107 cm³/mol. The highest BCUT2D eigenvalue weighted by atomic mass is 19.1. The van der Waals surface area contributed by atoms with Crippen molar-refractivity contribution in [2.24, 2.45) is 0 Å². The lowest BCUT2D eigenvalue weighted by molar-refractivity contribution is -0.137. The minimum absolute atomic E-state index is 0.00443. The third kappa shape index (κ3) is 4.62. The summed E-state index contributed by atoms with van der Waals surface area (Å²) in [6, 6.07) is 1.40. The highest BCUT2D eigenvalue weighted by Gasteiger charge is 2.24. The Morgan fingerprint density at radius 1 is 1.30 bits per heavy atom. The topological polar surface area (TPSA) is 91.2 Å². The van der Waals surface area contributed by atoms with Gasteiger partial charge in [-0.3, -0.25) is 9.78 Å². The number of hydrogen-bond donors (Lipinski definition) is 2. The summed E-state index contributed by atoms with van der Waals surface area (Å²) in [7, 11) is 0. The smallest absolute Gasteiger partial charge is 0.303 e. The van der Waals surface area contributed by atoms with Gasteiger partial charge >= 0.3 is 5.97 Å². The standard InChI is InChI=1S/C21H23F2N5O2/c22-13-9-16-15(5-6-18(16)24-10-13)20-25-11-17(23)21(27-20)26-14-3-1-7-28(12-14)8-2-4-19(29)30/h5,9-11,14H,1-4,6-8,12H2,(H,29,30)(H,25,26,27)/t14-/m0/s1. The average Bonchev–Trinajstić information content (AvgIpc) is 3.13. The summed E-state index contributed by atoms with van der Waals surface area (Å²) in [5, 5.41) is 12.0. The first-order chi connectivity index (χ1) is 14.5. The second-order valence-corrected chi connectivity index (χ2v) is 7.64. The summed E-state index contributed by atoms with van der Waals surface area (Å²) >= 11 is 0. The first-order valence-electron chi connectivity index (χ1n) is 10.1. The van der Waals surface area contributed by atoms with Gasteiger partial charge in [-0.25, -0.2) is 18.7 Å². The van der Waals surface area contributed by atoms with Crippen molar-refractivity contribution < 1.29 is 18.7 Å². The fourth-order valence-corrected chi connectivity index (χ4v) is 4.01. The zero-order valence-corrected chi connectivity index (χ0v) is 16.4. The quantitative estimate of drug-likeness (QED) is 0.719. The minimum atomic E-state index is -0.796. The Balaban J connectivity index is 1.46. The molecule has 7 nitrogen and oxygen atoms in total. The van der Waals surface area contributed by atoms with Crippen molar-refractivity contribution in [2.75, 3.05) is 25.0 Å². The van der Waals surface area contributed by atoms with Crippen molar-refractivity contribution in [3.05, 3.63) is 53.3 Å². The average molecular weight is 415 g/mol. The molecule has 1 aliphatic carbocycles. The number of allylic oxidation sites excluding steroid dienone is 1. The number of pyridine rings is 1. The second-order valence-electron chi connectivity index (χ2n) is 7.64. The minimum Gasteiger partial charge on any atom is -0.481 e. The molecular formula is C21H23F2N5O2. The van der Waals surface area contributed by atoms with Gasteiger partial charge in [0.15, 0.2) is 17.5 Å². The van der Waals surface area contributed by atoms with Crippen LogP contribution in [0.15, 0.2) is 24.5 Å². The van der Waals surface area contributed by atoms with Crippen LogP contribution in [0.1, 0.15) is 42.8 Å². The number of carboxylic acid groups (broad SMARTS) is 1. The van der Waals surface area contributed by atoms with Gasteiger partial charge in [0.1, 0.15) is 5.82 Å². The maximum atomic E-state index is 14.4. The molecule has 2 aromatic heterocycles. The molecular weight excluding hydrogens is 392 g/mol. The molecule has 2 aliphatic rings. The third-order valence-electron chi connectivity index (χ3n) is 5.42. The normalized spacial score (nSPS) is 18.7. The predicted octanol–water partition coefficient (Wildman–Crippen LogP) is 2.88. The van der Waals surface area contributed by atoms with Crippen LogP contribution in [0, 0.1) is 11.6 Å². The molecule has 0 unspecified atom stereocenters. The summed E-state index contributed by atoms with van der Waals surface area (Å²) in [5.41, 5.74) is 2.03. The first kappa shape index (κ1) is 20.3. The van der Waals surface area contributed by atoms with Crippen LogP contribution in [0.2, 0.25) is 0 Å². The Labute approximate surface area is 172 Å². The van der Waals surface area contributed by atoms with Gasteiger partial charge in [-0.1, -0.05) is 6.08 Å². The fourth-order valence-electron chi connectivity index (χ4n) is 4.01. The number of nitrogens with one attached hydrogen (secondary N) is 1. The van der Waals surface area contributed by atoms with Crippen molar-refractivity contribution >= 4 is 17.4 Å². The molecule has 0 aromatic carbocycles. The van der Waals surface area contributed by atoms with Crippen molar-refractivity contribution in [2.45, 2.75) is 38.1 Å². The van der Waals surface area contributed by atoms with Crippen LogP contribution in [0.4, 0.5) is 14.6 Å². The lowest BCUT2D eigenvalue weighted by Crippen LogP contribution is -2.42. The molecule has 1 atom stereocenters. The molecule has 0 amide bonds. The molecule has 0 saturated carbocycles. The van der Waals surface area contributed by atoms with E-state index in [4.69, 9.17) is 5.11 Å². The summed E-state index contributed by atoms with van der Waals surface area (Å²) in [4.78, 5) is 25.5. The monoisotopic (exact) mass is 415 g/mol. The molecule has 30 heavy (non-hydrogen) atoms. The molecule has 9 heteroatoms. The van der Waals surface area contributed by atoms with Gasteiger partial charge in [0.2, 0.25) is 0 Å². The molecule has 0 bridgehead atoms. The molecule has 4 rings (SSSR count). The van der Waals surface area contributed by atoms with Gasteiger partial charge in [-0.05, 0) is 38.4 Å². The summed E-state index contributed by atoms with van der Waals surface area (Å²) in [5.74, 6) is -1.32. The Hall–Kier alpha value is -2.94.